The molecular formula is C12H18ClNO. The topological polar surface area (TPSA) is 21.3 Å². The van der Waals surface area contributed by atoms with Gasteiger partial charge in [0.25, 0.3) is 0 Å². The monoisotopic (exact) mass is 227 g/mol. The predicted molar refractivity (Wildman–Crippen MR) is 64.3 cm³/mol. The second kappa shape index (κ2) is 7.69. The third-order valence-corrected chi connectivity index (χ3v) is 2.28. The maximum atomic E-state index is 5.78. The fourth-order valence-corrected chi connectivity index (χ4v) is 1.34. The number of halogens is 1. The summed E-state index contributed by atoms with van der Waals surface area (Å²) >= 11 is 5.78. The smallest absolute Gasteiger partial charge is 0.0717 e. The Hall–Kier alpha value is -0.570. The average Bonchev–Trinajstić information content (AvgIpc) is 2.26. The number of benzene rings is 1. The van der Waals surface area contributed by atoms with Gasteiger partial charge in [-0.05, 0) is 30.7 Å². The van der Waals surface area contributed by atoms with E-state index in [9.17, 15) is 0 Å². The normalized spacial score (nSPS) is 10.5. The zero-order valence-corrected chi connectivity index (χ0v) is 9.89. The van der Waals surface area contributed by atoms with E-state index in [2.05, 4.69) is 12.2 Å². The van der Waals surface area contributed by atoms with Crippen molar-refractivity contribution in [3.05, 3.63) is 34.9 Å². The molecule has 0 radical (unpaired) electrons. The fraction of sp³-hybridized carbons (Fsp3) is 0.500. The lowest BCUT2D eigenvalue weighted by molar-refractivity contribution is 0.123. The van der Waals surface area contributed by atoms with E-state index in [1.54, 1.807) is 0 Å². The molecule has 3 heteroatoms. The van der Waals surface area contributed by atoms with Gasteiger partial charge in [0, 0.05) is 11.6 Å². The second-order valence-electron chi connectivity index (χ2n) is 3.43. The highest BCUT2D eigenvalue weighted by Gasteiger charge is 1.93. The van der Waals surface area contributed by atoms with Crippen LogP contribution in [0.15, 0.2) is 24.3 Å². The molecule has 0 aliphatic heterocycles. The van der Waals surface area contributed by atoms with Crippen LogP contribution in [-0.2, 0) is 11.3 Å². The maximum Gasteiger partial charge on any atom is 0.0717 e. The van der Waals surface area contributed by atoms with Crippen molar-refractivity contribution in [2.24, 2.45) is 0 Å². The van der Waals surface area contributed by atoms with Gasteiger partial charge in [-0.1, -0.05) is 30.7 Å². The van der Waals surface area contributed by atoms with E-state index in [4.69, 9.17) is 16.3 Å². The highest BCUT2D eigenvalue weighted by Crippen LogP contribution is 2.09. The van der Waals surface area contributed by atoms with E-state index in [0.717, 1.165) is 36.7 Å². The van der Waals surface area contributed by atoms with Gasteiger partial charge in [-0.15, -0.1) is 0 Å². The molecule has 1 aromatic rings. The van der Waals surface area contributed by atoms with Gasteiger partial charge in [0.1, 0.15) is 0 Å². The molecule has 0 amide bonds. The summed E-state index contributed by atoms with van der Waals surface area (Å²) in [5.41, 5.74) is 1.16. The van der Waals surface area contributed by atoms with Crippen molar-refractivity contribution in [2.75, 3.05) is 19.7 Å². The summed E-state index contributed by atoms with van der Waals surface area (Å²) in [6, 6.07) is 7.74. The average molecular weight is 228 g/mol. The summed E-state index contributed by atoms with van der Waals surface area (Å²) < 4.78 is 5.50. The standard InChI is InChI=1S/C12H18ClNO/c1-2-7-14-8-9-15-10-11-3-5-12(13)6-4-11/h3-6,14H,2,7-10H2,1H3. The van der Waals surface area contributed by atoms with Crippen LogP contribution in [0.4, 0.5) is 0 Å². The molecule has 0 aliphatic rings. The molecule has 1 N–H and O–H groups in total. The number of ether oxygens (including phenoxy) is 1. The lowest BCUT2D eigenvalue weighted by Gasteiger charge is -2.05. The quantitative estimate of drug-likeness (QED) is 0.724. The van der Waals surface area contributed by atoms with Crippen LogP contribution in [0.1, 0.15) is 18.9 Å². The zero-order valence-electron chi connectivity index (χ0n) is 9.13. The van der Waals surface area contributed by atoms with E-state index in [-0.39, 0.29) is 0 Å². The van der Waals surface area contributed by atoms with Gasteiger partial charge in [-0.2, -0.15) is 0 Å². The molecule has 0 heterocycles. The summed E-state index contributed by atoms with van der Waals surface area (Å²) in [7, 11) is 0. The molecule has 15 heavy (non-hydrogen) atoms. The summed E-state index contributed by atoms with van der Waals surface area (Å²) in [6.07, 6.45) is 1.16. The third kappa shape index (κ3) is 5.78. The van der Waals surface area contributed by atoms with Crippen LogP contribution >= 0.6 is 11.6 Å². The molecule has 0 bridgehead atoms. The molecule has 0 unspecified atom stereocenters. The van der Waals surface area contributed by atoms with Gasteiger partial charge in [-0.25, -0.2) is 0 Å². The minimum atomic E-state index is 0.658. The van der Waals surface area contributed by atoms with Gasteiger partial charge in [0.15, 0.2) is 0 Å². The molecule has 84 valence electrons. The van der Waals surface area contributed by atoms with Crippen LogP contribution in [0.3, 0.4) is 0 Å². The van der Waals surface area contributed by atoms with Crippen molar-refractivity contribution in [3.63, 3.8) is 0 Å². The first-order chi connectivity index (χ1) is 7.33. The highest BCUT2D eigenvalue weighted by atomic mass is 35.5. The molecule has 0 aliphatic carbocycles. The largest absolute Gasteiger partial charge is 0.375 e. The molecule has 1 rings (SSSR count). The Morgan fingerprint density at radius 1 is 1.20 bits per heavy atom. The van der Waals surface area contributed by atoms with E-state index in [0.29, 0.717) is 6.61 Å². The summed E-state index contributed by atoms with van der Waals surface area (Å²) in [4.78, 5) is 0. The summed E-state index contributed by atoms with van der Waals surface area (Å²) in [5, 5.41) is 4.05. The first-order valence-corrected chi connectivity index (χ1v) is 5.73. The maximum absolute atomic E-state index is 5.78. The summed E-state index contributed by atoms with van der Waals surface area (Å²) in [5.74, 6) is 0. The van der Waals surface area contributed by atoms with Gasteiger partial charge >= 0.3 is 0 Å². The minimum Gasteiger partial charge on any atom is -0.375 e. The van der Waals surface area contributed by atoms with Crippen molar-refractivity contribution in [2.45, 2.75) is 20.0 Å². The summed E-state index contributed by atoms with van der Waals surface area (Å²) in [6.45, 7) is 5.54. The zero-order chi connectivity index (χ0) is 10.9. The first kappa shape index (κ1) is 12.5. The van der Waals surface area contributed by atoms with Crippen LogP contribution in [0.2, 0.25) is 5.02 Å². The van der Waals surface area contributed by atoms with Gasteiger partial charge in [0.05, 0.1) is 13.2 Å². The second-order valence-corrected chi connectivity index (χ2v) is 3.87. The van der Waals surface area contributed by atoms with Gasteiger partial charge in [-0.3, -0.25) is 0 Å². The highest BCUT2D eigenvalue weighted by molar-refractivity contribution is 6.30. The van der Waals surface area contributed by atoms with Crippen LogP contribution in [0, 0.1) is 0 Å². The Kier molecular flexibility index (Phi) is 6.41. The molecule has 1 aromatic carbocycles. The fourth-order valence-electron chi connectivity index (χ4n) is 1.22. The van der Waals surface area contributed by atoms with Gasteiger partial charge < -0.3 is 10.1 Å². The van der Waals surface area contributed by atoms with Crippen LogP contribution < -0.4 is 5.32 Å². The lowest BCUT2D eigenvalue weighted by atomic mass is 10.2. The van der Waals surface area contributed by atoms with E-state index < -0.39 is 0 Å². The van der Waals surface area contributed by atoms with Crippen LogP contribution in [0.5, 0.6) is 0 Å². The van der Waals surface area contributed by atoms with E-state index >= 15 is 0 Å². The first-order valence-electron chi connectivity index (χ1n) is 5.36. The molecule has 0 spiro atoms. The van der Waals surface area contributed by atoms with Crippen molar-refractivity contribution in [1.29, 1.82) is 0 Å². The predicted octanol–water partition coefficient (Wildman–Crippen LogP) is 2.86. The van der Waals surface area contributed by atoms with Crippen molar-refractivity contribution in [3.8, 4) is 0 Å². The third-order valence-electron chi connectivity index (χ3n) is 2.03. The van der Waals surface area contributed by atoms with Crippen molar-refractivity contribution >= 4 is 11.6 Å². The number of hydrogen-bond acceptors (Lipinski definition) is 2. The molecule has 2 nitrogen and oxygen atoms in total. The number of nitrogens with one attached hydrogen (secondary N) is 1. The van der Waals surface area contributed by atoms with Crippen LogP contribution in [0.25, 0.3) is 0 Å². The molecule has 0 saturated carbocycles. The van der Waals surface area contributed by atoms with Gasteiger partial charge in [0.2, 0.25) is 0 Å². The molecule has 0 saturated heterocycles. The Balaban J connectivity index is 2.07. The number of hydrogen-bond donors (Lipinski definition) is 1. The molecule has 0 fully saturated rings. The lowest BCUT2D eigenvalue weighted by Crippen LogP contribution is -2.20. The SMILES string of the molecule is CCCNCCOCc1ccc(Cl)cc1. The Morgan fingerprint density at radius 2 is 1.93 bits per heavy atom. The Morgan fingerprint density at radius 3 is 2.60 bits per heavy atom. The minimum absolute atomic E-state index is 0.658. The Labute approximate surface area is 96.6 Å². The van der Waals surface area contributed by atoms with Crippen molar-refractivity contribution < 1.29 is 4.74 Å². The van der Waals surface area contributed by atoms with Crippen LogP contribution in [-0.4, -0.2) is 19.7 Å². The molecule has 0 atom stereocenters. The van der Waals surface area contributed by atoms with E-state index in [1.165, 1.54) is 0 Å². The number of rotatable bonds is 7. The Bertz CT molecular complexity index is 261. The van der Waals surface area contributed by atoms with E-state index in [1.807, 2.05) is 24.3 Å². The molecule has 0 aromatic heterocycles. The van der Waals surface area contributed by atoms with Crippen molar-refractivity contribution in [1.82, 2.24) is 5.32 Å². The molecular weight excluding hydrogens is 210 g/mol.